The van der Waals surface area contributed by atoms with Crippen LogP contribution in [0.3, 0.4) is 0 Å². The van der Waals surface area contributed by atoms with E-state index in [4.69, 9.17) is 14.2 Å². The van der Waals surface area contributed by atoms with Gasteiger partial charge < -0.3 is 39.6 Å². The number of likely N-dealkylation sites (tertiary alicyclic amines) is 1. The lowest BCUT2D eigenvalue weighted by Gasteiger charge is -2.35. The Labute approximate surface area is 322 Å². The molecule has 0 radical (unpaired) electrons. The highest BCUT2D eigenvalue weighted by Gasteiger charge is 2.35. The molecule has 3 aromatic carbocycles. The quantitative estimate of drug-likeness (QED) is 0.146. The second-order valence-electron chi connectivity index (χ2n) is 15.1. The lowest BCUT2D eigenvalue weighted by Crippen LogP contribution is -2.59. The first-order valence-corrected chi connectivity index (χ1v) is 18.5. The van der Waals surface area contributed by atoms with Gasteiger partial charge in [-0.05, 0) is 76.1 Å². The van der Waals surface area contributed by atoms with Gasteiger partial charge in [0.15, 0.2) is 5.82 Å². The maximum absolute atomic E-state index is 14.3. The van der Waals surface area contributed by atoms with E-state index >= 15 is 0 Å². The molecule has 1 aliphatic rings. The second kappa shape index (κ2) is 18.1. The molecule has 5 rings (SSSR count). The zero-order valence-electron chi connectivity index (χ0n) is 32.4. The molecule has 1 fully saturated rings. The van der Waals surface area contributed by atoms with Crippen molar-refractivity contribution >= 4 is 29.6 Å². The normalized spacial score (nSPS) is 14.7. The van der Waals surface area contributed by atoms with Crippen LogP contribution in [0, 0.1) is 0 Å². The number of hydrogen-bond acceptors (Lipinski definition) is 8. The van der Waals surface area contributed by atoms with Gasteiger partial charge >= 0.3 is 6.09 Å². The Morgan fingerprint density at radius 3 is 2.16 bits per heavy atom. The lowest BCUT2D eigenvalue weighted by atomic mass is 9.88. The Balaban J connectivity index is 1.30. The molecular formula is C42H52N6O7. The number of amides is 4. The zero-order chi connectivity index (χ0) is 39.6. The molecule has 0 saturated carbocycles. The Bertz CT molecular complexity index is 1900. The number of nitrogens with one attached hydrogen (secondary N) is 3. The molecular weight excluding hydrogens is 700 g/mol. The minimum atomic E-state index is -1.44. The molecule has 1 aliphatic heterocycles. The molecule has 4 amide bonds. The fourth-order valence-corrected chi connectivity index (χ4v) is 6.43. The fourth-order valence-electron chi connectivity index (χ4n) is 6.43. The van der Waals surface area contributed by atoms with Gasteiger partial charge in [-0.25, -0.2) is 9.78 Å². The van der Waals surface area contributed by atoms with Crippen molar-refractivity contribution in [3.8, 4) is 5.75 Å². The second-order valence-corrected chi connectivity index (χ2v) is 15.1. The van der Waals surface area contributed by atoms with Crippen molar-refractivity contribution in [2.45, 2.75) is 83.2 Å². The van der Waals surface area contributed by atoms with Crippen molar-refractivity contribution in [2.24, 2.45) is 0 Å². The number of ether oxygens (including phenoxy) is 3. The summed E-state index contributed by atoms with van der Waals surface area (Å²) >= 11 is 0. The molecule has 4 aromatic rings. The molecule has 0 aliphatic carbocycles. The van der Waals surface area contributed by atoms with E-state index in [0.29, 0.717) is 13.1 Å². The highest BCUT2D eigenvalue weighted by atomic mass is 16.6. The van der Waals surface area contributed by atoms with Gasteiger partial charge in [0.25, 0.3) is 5.91 Å². The number of carbonyl (C=O) groups excluding carboxylic acids is 4. The van der Waals surface area contributed by atoms with Crippen LogP contribution in [0.5, 0.6) is 5.75 Å². The molecule has 2 atom stereocenters. The number of methoxy groups -OCH3 is 1. The molecule has 1 aromatic heterocycles. The van der Waals surface area contributed by atoms with Crippen molar-refractivity contribution in [3.63, 3.8) is 0 Å². The van der Waals surface area contributed by atoms with E-state index in [0.717, 1.165) is 35.3 Å². The number of hydrogen-bond donors (Lipinski definition) is 3. The van der Waals surface area contributed by atoms with Crippen LogP contribution in [0.2, 0.25) is 0 Å². The molecule has 3 N–H and O–H groups in total. The minimum absolute atomic E-state index is 0.0841. The summed E-state index contributed by atoms with van der Waals surface area (Å²) in [5, 5.41) is 8.08. The van der Waals surface area contributed by atoms with Crippen LogP contribution in [0.1, 0.15) is 76.1 Å². The van der Waals surface area contributed by atoms with Crippen molar-refractivity contribution in [1.29, 1.82) is 0 Å². The van der Waals surface area contributed by atoms with Crippen molar-refractivity contribution in [2.75, 3.05) is 32.1 Å². The van der Waals surface area contributed by atoms with Crippen molar-refractivity contribution in [1.82, 2.24) is 25.1 Å². The number of alkyl carbamates (subject to hydrolysis) is 1. The predicted octanol–water partition coefficient (Wildman–Crippen LogP) is 5.83. The molecule has 55 heavy (non-hydrogen) atoms. The first-order valence-electron chi connectivity index (χ1n) is 18.5. The summed E-state index contributed by atoms with van der Waals surface area (Å²) in [5.74, 6) is 0.000799. The van der Waals surface area contributed by atoms with Gasteiger partial charge in [0.1, 0.15) is 29.0 Å². The monoisotopic (exact) mass is 752 g/mol. The maximum atomic E-state index is 14.3. The summed E-state index contributed by atoms with van der Waals surface area (Å²) in [6.07, 6.45) is 3.93. The van der Waals surface area contributed by atoms with E-state index in [1.807, 2.05) is 83.8 Å². The largest absolute Gasteiger partial charge is 0.496 e. The van der Waals surface area contributed by atoms with Gasteiger partial charge in [0.05, 0.1) is 26.7 Å². The molecule has 1 saturated heterocycles. The van der Waals surface area contributed by atoms with Crippen molar-refractivity contribution in [3.05, 3.63) is 114 Å². The van der Waals surface area contributed by atoms with Gasteiger partial charge in [0, 0.05) is 19.3 Å². The number of piperidine rings is 1. The zero-order valence-corrected chi connectivity index (χ0v) is 32.4. The predicted molar refractivity (Wildman–Crippen MR) is 208 cm³/mol. The van der Waals surface area contributed by atoms with E-state index in [-0.39, 0.29) is 30.9 Å². The first kappa shape index (κ1) is 40.5. The van der Waals surface area contributed by atoms with Gasteiger partial charge in [-0.1, -0.05) is 78.9 Å². The number of benzene rings is 3. The molecule has 0 bridgehead atoms. The Morgan fingerprint density at radius 2 is 1.51 bits per heavy atom. The summed E-state index contributed by atoms with van der Waals surface area (Å²) in [6.45, 7) is 9.35. The van der Waals surface area contributed by atoms with Crippen LogP contribution >= 0.6 is 0 Å². The number of imidazole rings is 1. The smallest absolute Gasteiger partial charge is 0.408 e. The molecule has 292 valence electrons. The van der Waals surface area contributed by atoms with Crippen LogP contribution in [-0.4, -0.2) is 82.3 Å². The standard InChI is InChI=1S/C42H52N6O7/c1-41(2,3)55-40(52)46-42(4,5)39(51)44-33(27-54-26-29-15-9-7-10-16-29)37(49)45-35-25-48(28-43-35)36(31-17-11-8-12-18-31)38(50)47-23-21-30(22-24-47)32-19-13-14-20-34(32)53-6/h7-20,25,28,30,33,36H,21-24,26-27H2,1-6H3,(H,44,51)(H,45,49)(H,46,52)/t33-,36?/m1/s1. The van der Waals surface area contributed by atoms with Crippen LogP contribution < -0.4 is 20.7 Å². The van der Waals surface area contributed by atoms with E-state index in [1.54, 1.807) is 38.6 Å². The maximum Gasteiger partial charge on any atom is 0.408 e. The van der Waals surface area contributed by atoms with Crippen molar-refractivity contribution < 1.29 is 33.4 Å². The van der Waals surface area contributed by atoms with Gasteiger partial charge in [-0.3, -0.25) is 14.4 Å². The molecule has 1 unspecified atom stereocenters. The van der Waals surface area contributed by atoms with Gasteiger partial charge in [-0.15, -0.1) is 0 Å². The summed E-state index contributed by atoms with van der Waals surface area (Å²) in [6, 6.07) is 25.0. The van der Waals surface area contributed by atoms with E-state index in [1.165, 1.54) is 20.2 Å². The minimum Gasteiger partial charge on any atom is -0.496 e. The number of aromatic nitrogens is 2. The van der Waals surface area contributed by atoms with Crippen LogP contribution in [-0.2, 0) is 30.5 Å². The average molecular weight is 753 g/mol. The molecule has 13 nitrogen and oxygen atoms in total. The number of rotatable bonds is 14. The molecule has 0 spiro atoms. The molecule has 13 heteroatoms. The highest BCUT2D eigenvalue weighted by molar-refractivity contribution is 5.98. The average Bonchev–Trinajstić information content (AvgIpc) is 3.61. The Morgan fingerprint density at radius 1 is 0.873 bits per heavy atom. The Hall–Kier alpha value is -5.69. The van der Waals surface area contributed by atoms with Crippen LogP contribution in [0.15, 0.2) is 97.5 Å². The lowest BCUT2D eigenvalue weighted by molar-refractivity contribution is -0.134. The number of para-hydroxylation sites is 1. The third-order valence-electron chi connectivity index (χ3n) is 9.28. The number of carbonyl (C=O) groups is 4. The first-order chi connectivity index (χ1) is 26.2. The third kappa shape index (κ3) is 11.2. The van der Waals surface area contributed by atoms with E-state index < -0.39 is 41.1 Å². The highest BCUT2D eigenvalue weighted by Crippen LogP contribution is 2.35. The SMILES string of the molecule is COc1ccccc1C1CCN(C(=O)C(c2ccccc2)n2cnc(NC(=O)[C@@H](COCc3ccccc3)NC(=O)C(C)(C)NC(=O)OC(C)(C)C)c2)CC1. The third-order valence-corrected chi connectivity index (χ3v) is 9.28. The van der Waals surface area contributed by atoms with E-state index in [2.05, 4.69) is 27.0 Å². The van der Waals surface area contributed by atoms with Gasteiger partial charge in [-0.2, -0.15) is 0 Å². The number of anilines is 1. The molecule has 2 heterocycles. The summed E-state index contributed by atoms with van der Waals surface area (Å²) < 4.78 is 18.5. The summed E-state index contributed by atoms with van der Waals surface area (Å²) in [5.41, 5.74) is 0.598. The Kier molecular flexibility index (Phi) is 13.3. The summed E-state index contributed by atoms with van der Waals surface area (Å²) in [4.78, 5) is 60.4. The van der Waals surface area contributed by atoms with E-state index in [9.17, 15) is 19.2 Å². The van der Waals surface area contributed by atoms with Gasteiger partial charge in [0.2, 0.25) is 11.8 Å². The topological polar surface area (TPSA) is 153 Å². The fraction of sp³-hybridized carbons (Fsp3) is 0.405. The van der Waals surface area contributed by atoms with Crippen LogP contribution in [0.25, 0.3) is 0 Å². The summed E-state index contributed by atoms with van der Waals surface area (Å²) in [7, 11) is 1.67. The van der Waals surface area contributed by atoms with Crippen LogP contribution in [0.4, 0.5) is 10.6 Å². The number of nitrogens with zero attached hydrogens (tertiary/aromatic N) is 3.